The lowest BCUT2D eigenvalue weighted by molar-refractivity contribution is -0.139. The van der Waals surface area contributed by atoms with Gasteiger partial charge in [-0.25, -0.2) is 8.42 Å². The van der Waals surface area contributed by atoms with Gasteiger partial charge < -0.3 is 10.1 Å². The third-order valence-corrected chi connectivity index (χ3v) is 6.55. The van der Waals surface area contributed by atoms with E-state index in [1.54, 1.807) is 36.4 Å². The summed E-state index contributed by atoms with van der Waals surface area (Å²) in [4.78, 5) is 11.7. The highest BCUT2D eigenvalue weighted by molar-refractivity contribution is 7.93. The Labute approximate surface area is 189 Å². The van der Waals surface area contributed by atoms with Crippen LogP contribution in [0.5, 0.6) is 5.75 Å². The zero-order chi connectivity index (χ0) is 24.1. The molecule has 0 saturated heterocycles. The Kier molecular flexibility index (Phi) is 7.27. The van der Waals surface area contributed by atoms with Crippen LogP contribution in [0.3, 0.4) is 0 Å². The fourth-order valence-electron chi connectivity index (χ4n) is 3.16. The molecule has 174 valence electrons. The van der Waals surface area contributed by atoms with Crippen molar-refractivity contribution < 1.29 is 31.1 Å². The van der Waals surface area contributed by atoms with E-state index in [0.717, 1.165) is 17.7 Å². The molecule has 0 unspecified atom stereocenters. The molecule has 0 aliphatic heterocycles. The molecular formula is C23H21F3N2O4S. The summed E-state index contributed by atoms with van der Waals surface area (Å²) in [6, 6.07) is 18.6. The minimum absolute atomic E-state index is 0.0631. The van der Waals surface area contributed by atoms with Crippen LogP contribution in [0.1, 0.15) is 11.1 Å². The number of hydrogen-bond donors (Lipinski definition) is 1. The Morgan fingerprint density at radius 3 is 2.21 bits per heavy atom. The van der Waals surface area contributed by atoms with E-state index in [9.17, 15) is 26.4 Å². The Morgan fingerprint density at radius 2 is 1.55 bits per heavy atom. The van der Waals surface area contributed by atoms with E-state index in [1.807, 2.05) is 0 Å². The minimum Gasteiger partial charge on any atom is -0.495 e. The van der Waals surface area contributed by atoms with Crippen molar-refractivity contribution in [3.8, 4) is 5.75 Å². The summed E-state index contributed by atoms with van der Waals surface area (Å²) in [6.07, 6.45) is -4.91. The van der Waals surface area contributed by atoms with Gasteiger partial charge in [0.05, 0.1) is 23.3 Å². The topological polar surface area (TPSA) is 75.7 Å². The Bertz CT molecular complexity index is 1220. The number of ether oxygens (including phenoxy) is 1. The number of para-hydroxylation sites is 2. The third kappa shape index (κ3) is 5.64. The zero-order valence-corrected chi connectivity index (χ0v) is 18.4. The minimum atomic E-state index is -4.91. The summed E-state index contributed by atoms with van der Waals surface area (Å²) in [5, 5.41) is 2.60. The molecule has 6 nitrogen and oxygen atoms in total. The first-order chi connectivity index (χ1) is 15.6. The number of sulfonamides is 1. The summed E-state index contributed by atoms with van der Waals surface area (Å²) >= 11 is 0. The number of nitrogens with one attached hydrogen (secondary N) is 1. The second-order valence-corrected chi connectivity index (χ2v) is 8.77. The van der Waals surface area contributed by atoms with Crippen molar-refractivity contribution in [2.45, 2.75) is 17.6 Å². The summed E-state index contributed by atoms with van der Waals surface area (Å²) in [6.45, 7) is -0.625. The largest absolute Gasteiger partial charge is 0.495 e. The normalized spacial score (nSPS) is 11.6. The van der Waals surface area contributed by atoms with Gasteiger partial charge in [-0.3, -0.25) is 9.10 Å². The van der Waals surface area contributed by atoms with Gasteiger partial charge in [-0.2, -0.15) is 13.2 Å². The average molecular weight is 478 g/mol. The number of carbonyl (C=O) groups is 1. The lowest BCUT2D eigenvalue weighted by Crippen LogP contribution is -2.41. The second kappa shape index (κ2) is 9.95. The van der Waals surface area contributed by atoms with Crippen LogP contribution < -0.4 is 14.4 Å². The first-order valence-electron chi connectivity index (χ1n) is 9.77. The van der Waals surface area contributed by atoms with Crippen LogP contribution in [-0.4, -0.2) is 28.0 Å². The molecule has 0 aliphatic rings. The molecule has 0 radical (unpaired) electrons. The SMILES string of the molecule is COc1ccccc1N(CC(=O)NCc1ccccc1)S(=O)(=O)c1ccccc1C(F)(F)F. The predicted octanol–water partition coefficient (Wildman–Crippen LogP) is 4.23. The van der Waals surface area contributed by atoms with Gasteiger partial charge in [-0.1, -0.05) is 54.6 Å². The molecule has 3 aromatic rings. The number of methoxy groups -OCH3 is 1. The number of hydrogen-bond acceptors (Lipinski definition) is 4. The van der Waals surface area contributed by atoms with Gasteiger partial charge in [0.25, 0.3) is 10.0 Å². The van der Waals surface area contributed by atoms with E-state index >= 15 is 0 Å². The molecule has 1 N–H and O–H groups in total. The van der Waals surface area contributed by atoms with Crippen LogP contribution in [0.15, 0.2) is 83.8 Å². The molecule has 0 aromatic heterocycles. The maximum Gasteiger partial charge on any atom is 0.417 e. The van der Waals surface area contributed by atoms with Crippen LogP contribution in [-0.2, 0) is 27.5 Å². The van der Waals surface area contributed by atoms with Crippen LogP contribution in [0.2, 0.25) is 0 Å². The average Bonchev–Trinajstić information content (AvgIpc) is 2.81. The number of nitrogens with zero attached hydrogens (tertiary/aromatic N) is 1. The van der Waals surface area contributed by atoms with Gasteiger partial charge in [0.1, 0.15) is 12.3 Å². The van der Waals surface area contributed by atoms with E-state index in [-0.39, 0.29) is 18.0 Å². The monoisotopic (exact) mass is 478 g/mol. The van der Waals surface area contributed by atoms with Crippen LogP contribution in [0.25, 0.3) is 0 Å². The van der Waals surface area contributed by atoms with E-state index < -0.39 is 39.1 Å². The first kappa shape index (κ1) is 24.1. The van der Waals surface area contributed by atoms with Crippen molar-refractivity contribution >= 4 is 21.6 Å². The van der Waals surface area contributed by atoms with Gasteiger partial charge in [-0.15, -0.1) is 0 Å². The molecule has 10 heteroatoms. The third-order valence-electron chi connectivity index (χ3n) is 4.73. The lowest BCUT2D eigenvalue weighted by atomic mass is 10.2. The smallest absolute Gasteiger partial charge is 0.417 e. The molecule has 3 rings (SSSR count). The van der Waals surface area contributed by atoms with E-state index in [2.05, 4.69) is 5.32 Å². The Balaban J connectivity index is 2.02. The quantitative estimate of drug-likeness (QED) is 0.526. The zero-order valence-electron chi connectivity index (χ0n) is 17.5. The van der Waals surface area contributed by atoms with Crippen LogP contribution >= 0.6 is 0 Å². The molecule has 0 bridgehead atoms. The molecule has 0 fully saturated rings. The summed E-state index contributed by atoms with van der Waals surface area (Å²) < 4.78 is 73.5. The van der Waals surface area contributed by atoms with E-state index in [4.69, 9.17) is 4.74 Å². The number of halogens is 3. The predicted molar refractivity (Wildman–Crippen MR) is 117 cm³/mol. The summed E-state index contributed by atoms with van der Waals surface area (Å²) in [5.41, 5.74) is -0.610. The molecule has 0 atom stereocenters. The first-order valence-corrected chi connectivity index (χ1v) is 11.2. The summed E-state index contributed by atoms with van der Waals surface area (Å²) in [7, 11) is -3.51. The molecular weight excluding hydrogens is 457 g/mol. The highest BCUT2D eigenvalue weighted by atomic mass is 32.2. The van der Waals surface area contributed by atoms with Crippen molar-refractivity contribution in [2.75, 3.05) is 18.0 Å². The number of rotatable bonds is 8. The number of alkyl halides is 3. The van der Waals surface area contributed by atoms with Crippen molar-refractivity contribution in [3.63, 3.8) is 0 Å². The number of amides is 1. The maximum atomic E-state index is 13.6. The molecule has 0 aliphatic carbocycles. The van der Waals surface area contributed by atoms with E-state index in [0.29, 0.717) is 10.4 Å². The van der Waals surface area contributed by atoms with Gasteiger partial charge in [0, 0.05) is 6.54 Å². The van der Waals surface area contributed by atoms with Crippen molar-refractivity contribution in [2.24, 2.45) is 0 Å². The van der Waals surface area contributed by atoms with Gasteiger partial charge in [-0.05, 0) is 29.8 Å². The maximum absolute atomic E-state index is 13.6. The van der Waals surface area contributed by atoms with E-state index in [1.165, 1.54) is 31.4 Å². The second-order valence-electron chi connectivity index (χ2n) is 6.94. The molecule has 1 amide bonds. The van der Waals surface area contributed by atoms with Gasteiger partial charge in [0.15, 0.2) is 0 Å². The summed E-state index contributed by atoms with van der Waals surface area (Å²) in [5.74, 6) is -0.612. The number of benzene rings is 3. The molecule has 3 aromatic carbocycles. The van der Waals surface area contributed by atoms with Gasteiger partial charge in [0.2, 0.25) is 5.91 Å². The molecule has 0 saturated carbocycles. The number of carbonyl (C=O) groups excluding carboxylic acids is 1. The fourth-order valence-corrected chi connectivity index (χ4v) is 4.81. The standard InChI is InChI=1S/C23H21F3N2O4S/c1-32-20-13-7-6-12-19(20)28(16-22(29)27-15-17-9-3-2-4-10-17)33(30,31)21-14-8-5-11-18(21)23(24,25)26/h2-14H,15-16H2,1H3,(H,27,29). The Morgan fingerprint density at radius 1 is 0.939 bits per heavy atom. The van der Waals surface area contributed by atoms with Crippen molar-refractivity contribution in [1.82, 2.24) is 5.32 Å². The van der Waals surface area contributed by atoms with Crippen molar-refractivity contribution in [3.05, 3.63) is 90.0 Å². The fraction of sp³-hybridized carbons (Fsp3) is 0.174. The van der Waals surface area contributed by atoms with Crippen molar-refractivity contribution in [1.29, 1.82) is 0 Å². The molecule has 0 spiro atoms. The van der Waals surface area contributed by atoms with Crippen LogP contribution in [0.4, 0.5) is 18.9 Å². The molecule has 33 heavy (non-hydrogen) atoms. The van der Waals surface area contributed by atoms with Gasteiger partial charge >= 0.3 is 6.18 Å². The highest BCUT2D eigenvalue weighted by Gasteiger charge is 2.40. The lowest BCUT2D eigenvalue weighted by Gasteiger charge is -2.27. The van der Waals surface area contributed by atoms with Crippen LogP contribution in [0, 0.1) is 0 Å². The molecule has 0 heterocycles. The number of anilines is 1. The Hall–Kier alpha value is -3.53. The highest BCUT2D eigenvalue weighted by Crippen LogP contribution is 2.38.